The molecular formula is C22H25N5O3. The number of carbonyl (C=O) groups is 1. The van der Waals surface area contributed by atoms with Gasteiger partial charge in [-0.3, -0.25) is 9.59 Å². The number of hydrogen-bond acceptors (Lipinski definition) is 6. The average molecular weight is 407 g/mol. The number of nitrogens with zero attached hydrogens (tertiary/aromatic N) is 3. The minimum Gasteiger partial charge on any atom is -0.382 e. The molecule has 0 saturated heterocycles. The van der Waals surface area contributed by atoms with Crippen molar-refractivity contribution in [1.82, 2.24) is 14.5 Å². The average Bonchev–Trinajstić information content (AvgIpc) is 3.21. The number of benzene rings is 1. The quantitative estimate of drug-likeness (QED) is 0.554. The molecule has 8 heteroatoms. The third kappa shape index (κ3) is 3.91. The molecule has 0 radical (unpaired) electrons. The second-order valence-corrected chi connectivity index (χ2v) is 7.32. The second-order valence-electron chi connectivity index (χ2n) is 7.32. The monoisotopic (exact) mass is 407 g/mol. The van der Waals surface area contributed by atoms with Gasteiger partial charge in [0.25, 0.3) is 5.91 Å². The fourth-order valence-electron chi connectivity index (χ4n) is 3.79. The maximum atomic E-state index is 12.8. The van der Waals surface area contributed by atoms with E-state index in [1.807, 2.05) is 13.0 Å². The number of hydrogen-bond donors (Lipinski definition) is 2. The zero-order chi connectivity index (χ0) is 21.1. The minimum absolute atomic E-state index is 0.0796. The molecule has 3 aromatic rings. The van der Waals surface area contributed by atoms with Gasteiger partial charge >= 0.3 is 0 Å². The van der Waals surface area contributed by atoms with E-state index in [1.54, 1.807) is 4.57 Å². The number of nitrogens with one attached hydrogen (secondary N) is 1. The predicted molar refractivity (Wildman–Crippen MR) is 115 cm³/mol. The molecule has 1 amide bonds. The molecule has 30 heavy (non-hydrogen) atoms. The molecule has 0 atom stereocenters. The molecule has 0 fully saturated rings. The Morgan fingerprint density at radius 1 is 1.30 bits per heavy atom. The van der Waals surface area contributed by atoms with Crippen LogP contribution in [0.3, 0.4) is 0 Å². The van der Waals surface area contributed by atoms with Crippen LogP contribution in [-0.2, 0) is 17.6 Å². The maximum Gasteiger partial charge on any atom is 0.254 e. The Morgan fingerprint density at radius 2 is 2.13 bits per heavy atom. The van der Waals surface area contributed by atoms with Crippen molar-refractivity contribution in [3.05, 3.63) is 57.5 Å². The van der Waals surface area contributed by atoms with Gasteiger partial charge in [-0.2, -0.15) is 4.98 Å². The molecule has 0 spiro atoms. The Hall–Kier alpha value is -3.26. The number of carbonyl (C=O) groups excluding carboxylic acids is 1. The van der Waals surface area contributed by atoms with Crippen molar-refractivity contribution in [3.8, 4) is 5.69 Å². The number of aromatic nitrogens is 3. The van der Waals surface area contributed by atoms with Gasteiger partial charge < -0.3 is 20.4 Å². The lowest BCUT2D eigenvalue weighted by Crippen LogP contribution is -2.24. The van der Waals surface area contributed by atoms with Crippen molar-refractivity contribution in [2.24, 2.45) is 5.73 Å². The molecule has 2 heterocycles. The van der Waals surface area contributed by atoms with Crippen LogP contribution in [0.25, 0.3) is 16.7 Å². The third-order valence-electron chi connectivity index (χ3n) is 5.32. The molecule has 0 aliphatic heterocycles. The Labute approximate surface area is 174 Å². The van der Waals surface area contributed by atoms with Crippen LogP contribution in [0.5, 0.6) is 0 Å². The fourth-order valence-corrected chi connectivity index (χ4v) is 3.79. The van der Waals surface area contributed by atoms with Gasteiger partial charge in [0.15, 0.2) is 5.65 Å². The maximum absolute atomic E-state index is 12.8. The Morgan fingerprint density at radius 3 is 2.93 bits per heavy atom. The number of primary amides is 1. The summed E-state index contributed by atoms with van der Waals surface area (Å²) >= 11 is 0. The lowest BCUT2D eigenvalue weighted by molar-refractivity contribution is 0.0999. The summed E-state index contributed by atoms with van der Waals surface area (Å²) in [5.41, 5.74) is 8.81. The molecule has 2 aromatic heterocycles. The van der Waals surface area contributed by atoms with E-state index in [2.05, 4.69) is 27.4 Å². The molecule has 0 unspecified atom stereocenters. The largest absolute Gasteiger partial charge is 0.382 e. The summed E-state index contributed by atoms with van der Waals surface area (Å²) in [6, 6.07) is 6.17. The lowest BCUT2D eigenvalue weighted by atomic mass is 10.1. The molecule has 156 valence electrons. The van der Waals surface area contributed by atoms with Crippen LogP contribution < -0.4 is 16.5 Å². The van der Waals surface area contributed by atoms with Crippen LogP contribution in [0, 0.1) is 0 Å². The first-order chi connectivity index (χ1) is 14.6. The Bertz CT molecular complexity index is 1160. The van der Waals surface area contributed by atoms with E-state index < -0.39 is 11.3 Å². The van der Waals surface area contributed by atoms with E-state index in [4.69, 9.17) is 10.5 Å². The zero-order valence-corrected chi connectivity index (χ0v) is 17.0. The van der Waals surface area contributed by atoms with Gasteiger partial charge in [0.05, 0.1) is 5.39 Å². The van der Waals surface area contributed by atoms with E-state index in [0.717, 1.165) is 31.4 Å². The number of anilines is 1. The van der Waals surface area contributed by atoms with E-state index in [-0.39, 0.29) is 10.9 Å². The molecule has 3 N–H and O–H groups in total. The first-order valence-corrected chi connectivity index (χ1v) is 10.2. The number of rotatable bonds is 8. The van der Waals surface area contributed by atoms with Gasteiger partial charge in [-0.15, -0.1) is 0 Å². The van der Waals surface area contributed by atoms with Crippen LogP contribution in [0.1, 0.15) is 41.3 Å². The normalized spacial score (nSPS) is 12.8. The van der Waals surface area contributed by atoms with Gasteiger partial charge in [-0.25, -0.2) is 4.98 Å². The van der Waals surface area contributed by atoms with Crippen LogP contribution in [0.2, 0.25) is 0 Å². The number of fused-ring (bicyclic) bond motifs is 2. The Kier molecular flexibility index (Phi) is 5.76. The van der Waals surface area contributed by atoms with Crippen LogP contribution >= 0.6 is 0 Å². The van der Waals surface area contributed by atoms with Gasteiger partial charge in [-0.05, 0) is 55.9 Å². The highest BCUT2D eigenvalue weighted by atomic mass is 16.5. The molecule has 1 aliphatic rings. The first kappa shape index (κ1) is 20.0. The van der Waals surface area contributed by atoms with Crippen molar-refractivity contribution in [2.45, 2.75) is 32.6 Å². The van der Waals surface area contributed by atoms with Gasteiger partial charge in [0.2, 0.25) is 11.4 Å². The van der Waals surface area contributed by atoms with E-state index in [0.29, 0.717) is 31.4 Å². The van der Waals surface area contributed by atoms with Crippen LogP contribution in [-0.4, -0.2) is 40.2 Å². The molecule has 4 rings (SSSR count). The third-order valence-corrected chi connectivity index (χ3v) is 5.32. The molecule has 0 bridgehead atoms. The molecule has 8 nitrogen and oxygen atoms in total. The second kappa shape index (κ2) is 8.62. The van der Waals surface area contributed by atoms with Crippen molar-refractivity contribution >= 4 is 22.9 Å². The van der Waals surface area contributed by atoms with Crippen LogP contribution in [0.15, 0.2) is 35.4 Å². The summed E-state index contributed by atoms with van der Waals surface area (Å²) in [6.07, 6.45) is 6.97. The number of aryl methyl sites for hydroxylation is 2. The zero-order valence-electron chi connectivity index (χ0n) is 17.0. The van der Waals surface area contributed by atoms with Gasteiger partial charge in [0, 0.05) is 37.8 Å². The van der Waals surface area contributed by atoms with Gasteiger partial charge in [-0.1, -0.05) is 6.07 Å². The number of ether oxygens (including phenoxy) is 1. The van der Waals surface area contributed by atoms with Crippen molar-refractivity contribution in [3.63, 3.8) is 0 Å². The first-order valence-electron chi connectivity index (χ1n) is 10.2. The highest BCUT2D eigenvalue weighted by Crippen LogP contribution is 2.26. The summed E-state index contributed by atoms with van der Waals surface area (Å²) < 4.78 is 7.09. The molecule has 0 saturated carbocycles. The summed E-state index contributed by atoms with van der Waals surface area (Å²) in [7, 11) is 0. The topological polar surface area (TPSA) is 112 Å². The SMILES string of the molecule is CCOCCCNc1ncc2c(=O)c(C(N)=O)cn(-c3ccc4c(c3)CCC4)c2n1. The van der Waals surface area contributed by atoms with Crippen molar-refractivity contribution < 1.29 is 9.53 Å². The molecule has 1 aromatic carbocycles. The lowest BCUT2D eigenvalue weighted by Gasteiger charge is -2.14. The number of pyridine rings is 1. The molecular weight excluding hydrogens is 382 g/mol. The summed E-state index contributed by atoms with van der Waals surface area (Å²) in [5, 5.41) is 3.42. The Balaban J connectivity index is 1.78. The summed E-state index contributed by atoms with van der Waals surface area (Å²) in [4.78, 5) is 33.4. The predicted octanol–water partition coefficient (Wildman–Crippen LogP) is 2.21. The highest BCUT2D eigenvalue weighted by molar-refractivity contribution is 5.96. The van der Waals surface area contributed by atoms with E-state index in [1.165, 1.54) is 23.5 Å². The summed E-state index contributed by atoms with van der Waals surface area (Å²) in [5.74, 6) is -0.352. The van der Waals surface area contributed by atoms with Crippen LogP contribution in [0.4, 0.5) is 5.95 Å². The summed E-state index contributed by atoms with van der Waals surface area (Å²) in [6.45, 7) is 3.94. The number of nitrogens with two attached hydrogens (primary N) is 1. The van der Waals surface area contributed by atoms with E-state index >= 15 is 0 Å². The highest BCUT2D eigenvalue weighted by Gasteiger charge is 2.18. The fraction of sp³-hybridized carbons (Fsp3) is 0.364. The van der Waals surface area contributed by atoms with Gasteiger partial charge in [0.1, 0.15) is 5.56 Å². The standard InChI is InChI=1S/C22H25N5O3/c1-2-30-10-4-9-24-22-25-12-17-19(28)18(20(23)29)13-27(21(17)26-22)16-8-7-14-5-3-6-15(14)11-16/h7-8,11-13H,2-6,9-10H2,1H3,(H2,23,29)(H,24,25,26). The van der Waals surface area contributed by atoms with E-state index in [9.17, 15) is 9.59 Å². The smallest absolute Gasteiger partial charge is 0.254 e. The minimum atomic E-state index is -0.769. The number of amides is 1. The van der Waals surface area contributed by atoms with Crippen molar-refractivity contribution in [1.29, 1.82) is 0 Å². The molecule has 1 aliphatic carbocycles. The van der Waals surface area contributed by atoms with Crippen molar-refractivity contribution in [2.75, 3.05) is 25.1 Å².